The van der Waals surface area contributed by atoms with Crippen LogP contribution in [0.1, 0.15) is 44.1 Å². The van der Waals surface area contributed by atoms with E-state index in [9.17, 15) is 0 Å². The van der Waals surface area contributed by atoms with Crippen LogP contribution in [-0.2, 0) is 6.42 Å². The molecule has 2 fully saturated rings. The predicted molar refractivity (Wildman–Crippen MR) is 80.7 cm³/mol. The fourth-order valence-electron chi connectivity index (χ4n) is 2.90. The first-order chi connectivity index (χ1) is 9.61. The summed E-state index contributed by atoms with van der Waals surface area (Å²) >= 11 is 6.39. The van der Waals surface area contributed by atoms with Crippen molar-refractivity contribution in [2.75, 3.05) is 7.11 Å². The molecular formula is C16H22ClNO2. The van der Waals surface area contributed by atoms with Crippen molar-refractivity contribution in [2.24, 2.45) is 5.73 Å². The lowest BCUT2D eigenvalue weighted by molar-refractivity contribution is 0.198. The van der Waals surface area contributed by atoms with E-state index in [2.05, 4.69) is 0 Å². The highest BCUT2D eigenvalue weighted by atomic mass is 35.5. The van der Waals surface area contributed by atoms with Crippen molar-refractivity contribution in [3.05, 3.63) is 22.7 Å². The predicted octanol–water partition coefficient (Wildman–Crippen LogP) is 3.70. The molecule has 0 saturated heterocycles. The molecule has 3 nitrogen and oxygen atoms in total. The summed E-state index contributed by atoms with van der Waals surface area (Å²) in [6, 6.07) is 3.76. The first-order valence-electron chi connectivity index (χ1n) is 7.42. The quantitative estimate of drug-likeness (QED) is 0.901. The lowest BCUT2D eigenvalue weighted by Crippen LogP contribution is -2.25. The summed E-state index contributed by atoms with van der Waals surface area (Å²) in [5.41, 5.74) is 7.18. The van der Waals surface area contributed by atoms with E-state index in [0.29, 0.717) is 0 Å². The number of ether oxygens (including phenoxy) is 2. The van der Waals surface area contributed by atoms with Crippen LogP contribution >= 0.6 is 11.6 Å². The van der Waals surface area contributed by atoms with E-state index in [1.165, 1.54) is 12.8 Å². The first-order valence-corrected chi connectivity index (χ1v) is 7.80. The SMILES string of the molecule is COc1ccc(Cl)c(CC2(N)CC2)c1OC1CCCC1. The Bertz CT molecular complexity index is 493. The molecule has 20 heavy (non-hydrogen) atoms. The number of nitrogens with two attached hydrogens (primary N) is 1. The van der Waals surface area contributed by atoms with Crippen LogP contribution in [0.5, 0.6) is 11.5 Å². The third kappa shape index (κ3) is 2.89. The molecule has 2 aliphatic rings. The van der Waals surface area contributed by atoms with E-state index in [4.69, 9.17) is 26.8 Å². The normalized spacial score (nSPS) is 20.9. The van der Waals surface area contributed by atoms with Gasteiger partial charge in [-0.25, -0.2) is 0 Å². The van der Waals surface area contributed by atoms with Gasteiger partial charge in [-0.2, -0.15) is 0 Å². The van der Waals surface area contributed by atoms with E-state index in [0.717, 1.165) is 54.2 Å². The van der Waals surface area contributed by atoms with Crippen LogP contribution < -0.4 is 15.2 Å². The maximum atomic E-state index is 6.39. The van der Waals surface area contributed by atoms with Gasteiger partial charge >= 0.3 is 0 Å². The maximum absolute atomic E-state index is 6.39. The molecule has 2 saturated carbocycles. The number of halogens is 1. The van der Waals surface area contributed by atoms with Gasteiger partial charge in [-0.05, 0) is 57.1 Å². The van der Waals surface area contributed by atoms with E-state index >= 15 is 0 Å². The summed E-state index contributed by atoms with van der Waals surface area (Å²) in [7, 11) is 1.67. The molecule has 0 radical (unpaired) electrons. The van der Waals surface area contributed by atoms with Crippen LogP contribution in [-0.4, -0.2) is 18.8 Å². The van der Waals surface area contributed by atoms with Crippen molar-refractivity contribution < 1.29 is 9.47 Å². The van der Waals surface area contributed by atoms with E-state index < -0.39 is 0 Å². The number of methoxy groups -OCH3 is 1. The van der Waals surface area contributed by atoms with Crippen molar-refractivity contribution in [3.8, 4) is 11.5 Å². The second-order valence-corrected chi connectivity index (χ2v) is 6.53. The van der Waals surface area contributed by atoms with Gasteiger partial charge in [-0.15, -0.1) is 0 Å². The van der Waals surface area contributed by atoms with E-state index in [-0.39, 0.29) is 11.6 Å². The Hall–Kier alpha value is -0.930. The average molecular weight is 296 g/mol. The van der Waals surface area contributed by atoms with E-state index in [1.54, 1.807) is 7.11 Å². The molecule has 110 valence electrons. The Kier molecular flexibility index (Phi) is 3.83. The average Bonchev–Trinajstić information content (AvgIpc) is 2.95. The second kappa shape index (κ2) is 5.45. The zero-order chi connectivity index (χ0) is 14.2. The van der Waals surface area contributed by atoms with Crippen LogP contribution in [0.3, 0.4) is 0 Å². The minimum Gasteiger partial charge on any atom is -0.493 e. The highest BCUT2D eigenvalue weighted by Crippen LogP contribution is 2.44. The molecule has 2 aliphatic carbocycles. The van der Waals surface area contributed by atoms with Gasteiger partial charge in [0.15, 0.2) is 11.5 Å². The van der Waals surface area contributed by atoms with Gasteiger partial charge in [0.1, 0.15) is 0 Å². The van der Waals surface area contributed by atoms with Crippen molar-refractivity contribution >= 4 is 11.6 Å². The van der Waals surface area contributed by atoms with Gasteiger partial charge in [0.05, 0.1) is 13.2 Å². The highest BCUT2D eigenvalue weighted by Gasteiger charge is 2.40. The molecular weight excluding hydrogens is 274 g/mol. The Morgan fingerprint density at radius 1 is 1.30 bits per heavy atom. The van der Waals surface area contributed by atoms with Gasteiger partial charge in [0.2, 0.25) is 0 Å². The van der Waals surface area contributed by atoms with Crippen LogP contribution in [0.4, 0.5) is 0 Å². The molecule has 0 heterocycles. The summed E-state index contributed by atoms with van der Waals surface area (Å²) in [6.07, 6.45) is 7.88. The molecule has 0 unspecified atom stereocenters. The third-order valence-electron chi connectivity index (χ3n) is 4.39. The molecule has 2 N–H and O–H groups in total. The Morgan fingerprint density at radius 3 is 2.60 bits per heavy atom. The van der Waals surface area contributed by atoms with Crippen LogP contribution in [0.15, 0.2) is 12.1 Å². The third-order valence-corrected chi connectivity index (χ3v) is 4.75. The molecule has 1 aromatic rings. The zero-order valence-electron chi connectivity index (χ0n) is 12.0. The van der Waals surface area contributed by atoms with Crippen molar-refractivity contribution in [3.63, 3.8) is 0 Å². The fraction of sp³-hybridized carbons (Fsp3) is 0.625. The van der Waals surface area contributed by atoms with Gasteiger partial charge in [-0.1, -0.05) is 11.6 Å². The topological polar surface area (TPSA) is 44.5 Å². The number of benzene rings is 1. The zero-order valence-corrected chi connectivity index (χ0v) is 12.7. The summed E-state index contributed by atoms with van der Waals surface area (Å²) < 4.78 is 11.7. The number of hydrogen-bond acceptors (Lipinski definition) is 3. The van der Waals surface area contributed by atoms with Crippen LogP contribution in [0.25, 0.3) is 0 Å². The van der Waals surface area contributed by atoms with Crippen LogP contribution in [0, 0.1) is 0 Å². The molecule has 1 aromatic carbocycles. The Labute approximate surface area is 125 Å². The molecule has 0 atom stereocenters. The van der Waals surface area contributed by atoms with Crippen molar-refractivity contribution in [2.45, 2.75) is 56.6 Å². The monoisotopic (exact) mass is 295 g/mol. The van der Waals surface area contributed by atoms with Crippen LogP contribution in [0.2, 0.25) is 5.02 Å². The van der Waals surface area contributed by atoms with Gasteiger partial charge in [0.25, 0.3) is 0 Å². The Balaban J connectivity index is 1.91. The summed E-state index contributed by atoms with van der Waals surface area (Å²) in [6.45, 7) is 0. The summed E-state index contributed by atoms with van der Waals surface area (Å²) in [5.74, 6) is 1.57. The lowest BCUT2D eigenvalue weighted by Gasteiger charge is -2.21. The minimum atomic E-state index is -0.0935. The van der Waals surface area contributed by atoms with Crippen molar-refractivity contribution in [1.29, 1.82) is 0 Å². The molecule has 3 rings (SSSR count). The minimum absolute atomic E-state index is 0.0935. The number of hydrogen-bond donors (Lipinski definition) is 1. The molecule has 0 spiro atoms. The number of rotatable bonds is 5. The smallest absolute Gasteiger partial charge is 0.166 e. The molecule has 0 amide bonds. The standard InChI is InChI=1S/C16H22ClNO2/c1-19-14-7-6-13(17)12(10-16(18)8-9-16)15(14)20-11-4-2-3-5-11/h6-7,11H,2-5,8-10,18H2,1H3. The summed E-state index contributed by atoms with van der Waals surface area (Å²) in [4.78, 5) is 0. The van der Waals surface area contributed by atoms with Crippen molar-refractivity contribution in [1.82, 2.24) is 0 Å². The maximum Gasteiger partial charge on any atom is 0.166 e. The molecule has 0 aliphatic heterocycles. The molecule has 4 heteroatoms. The van der Waals surface area contributed by atoms with Gasteiger partial charge < -0.3 is 15.2 Å². The summed E-state index contributed by atoms with van der Waals surface area (Å²) in [5, 5.41) is 0.732. The highest BCUT2D eigenvalue weighted by molar-refractivity contribution is 6.31. The second-order valence-electron chi connectivity index (χ2n) is 6.12. The molecule has 0 aromatic heterocycles. The first kappa shape index (κ1) is 14.0. The van der Waals surface area contributed by atoms with Gasteiger partial charge in [-0.3, -0.25) is 0 Å². The van der Waals surface area contributed by atoms with E-state index in [1.807, 2.05) is 12.1 Å². The van der Waals surface area contributed by atoms with Gasteiger partial charge in [0, 0.05) is 16.1 Å². The fourth-order valence-corrected chi connectivity index (χ4v) is 3.11. The molecule has 0 bridgehead atoms. The lowest BCUT2D eigenvalue weighted by atomic mass is 10.0. The largest absolute Gasteiger partial charge is 0.493 e. The Morgan fingerprint density at radius 2 is 2.00 bits per heavy atom.